The highest BCUT2D eigenvalue weighted by molar-refractivity contribution is 7.90. The maximum atomic E-state index is 11.6. The minimum atomic E-state index is -3.27. The van der Waals surface area contributed by atoms with E-state index in [0.29, 0.717) is 43.1 Å². The van der Waals surface area contributed by atoms with E-state index in [-0.39, 0.29) is 10.9 Å². The molecule has 0 unspecified atom stereocenters. The third-order valence-electron chi connectivity index (χ3n) is 4.98. The van der Waals surface area contributed by atoms with E-state index >= 15 is 0 Å². The number of hydrogen-bond donors (Lipinski definition) is 2. The smallest absolute Gasteiger partial charge is 0.407 e. The first-order valence-electron chi connectivity index (χ1n) is 9.06. The van der Waals surface area contributed by atoms with E-state index in [0.717, 1.165) is 11.6 Å². The Morgan fingerprint density at radius 1 is 1.17 bits per heavy atom. The number of hydrogen-bond acceptors (Lipinski definition) is 7. The number of nitrogens with zero attached hydrogens (tertiary/aromatic N) is 5. The molecular formula is C18H20N6O4S. The number of carbonyl (C=O) groups is 1. The van der Waals surface area contributed by atoms with Crippen molar-refractivity contribution in [3.63, 3.8) is 0 Å². The molecule has 1 fully saturated rings. The Hall–Kier alpha value is -3.21. The summed E-state index contributed by atoms with van der Waals surface area (Å²) in [5, 5.41) is 17.6. The Morgan fingerprint density at radius 3 is 2.48 bits per heavy atom. The molecule has 1 saturated heterocycles. The minimum Gasteiger partial charge on any atom is -0.465 e. The fourth-order valence-electron chi connectivity index (χ4n) is 3.39. The second-order valence-electron chi connectivity index (χ2n) is 6.97. The van der Waals surface area contributed by atoms with E-state index in [1.54, 1.807) is 23.0 Å². The number of nitrogens with one attached hydrogen (secondary N) is 1. The van der Waals surface area contributed by atoms with Crippen LogP contribution in [0, 0.1) is 0 Å². The van der Waals surface area contributed by atoms with Gasteiger partial charge in [0, 0.05) is 25.4 Å². The van der Waals surface area contributed by atoms with Gasteiger partial charge in [-0.1, -0.05) is 0 Å². The molecule has 0 aliphatic carbocycles. The van der Waals surface area contributed by atoms with E-state index in [9.17, 15) is 13.2 Å². The summed E-state index contributed by atoms with van der Waals surface area (Å²) in [4.78, 5) is 21.3. The second kappa shape index (κ2) is 7.32. The molecule has 2 N–H and O–H groups in total. The first-order valence-corrected chi connectivity index (χ1v) is 11.0. The molecule has 2 aromatic heterocycles. The monoisotopic (exact) mass is 416 g/mol. The van der Waals surface area contributed by atoms with Gasteiger partial charge in [-0.3, -0.25) is 0 Å². The summed E-state index contributed by atoms with van der Waals surface area (Å²) in [5.41, 5.74) is 1.28. The van der Waals surface area contributed by atoms with Crippen LogP contribution in [0.15, 0.2) is 41.7 Å². The molecule has 0 radical (unpaired) electrons. The molecule has 4 rings (SSSR count). The third kappa shape index (κ3) is 3.86. The lowest BCUT2D eigenvalue weighted by Crippen LogP contribution is -2.41. The lowest BCUT2D eigenvalue weighted by atomic mass is 10.1. The van der Waals surface area contributed by atoms with E-state index in [1.807, 2.05) is 0 Å². The summed E-state index contributed by atoms with van der Waals surface area (Å²) in [7, 11) is -3.27. The molecule has 0 bridgehead atoms. The first kappa shape index (κ1) is 19.1. The SMILES string of the molecule is CS(=O)(=O)c1ccc(-n2ncc3c(NC4CCN(C(=O)O)CC4)ncnc32)cc1. The van der Waals surface area contributed by atoms with Gasteiger partial charge in [-0.05, 0) is 37.1 Å². The van der Waals surface area contributed by atoms with Gasteiger partial charge in [0.05, 0.1) is 22.2 Å². The summed E-state index contributed by atoms with van der Waals surface area (Å²) in [6.45, 7) is 0.959. The number of aromatic nitrogens is 4. The molecule has 0 spiro atoms. The molecule has 10 nitrogen and oxygen atoms in total. The van der Waals surface area contributed by atoms with Crippen molar-refractivity contribution in [1.82, 2.24) is 24.6 Å². The quantitative estimate of drug-likeness (QED) is 0.658. The van der Waals surface area contributed by atoms with Gasteiger partial charge >= 0.3 is 6.09 Å². The van der Waals surface area contributed by atoms with Crippen LogP contribution in [0.1, 0.15) is 12.8 Å². The number of fused-ring (bicyclic) bond motifs is 1. The molecule has 1 aliphatic heterocycles. The Kier molecular flexibility index (Phi) is 4.82. The van der Waals surface area contributed by atoms with Crippen molar-refractivity contribution in [1.29, 1.82) is 0 Å². The van der Waals surface area contributed by atoms with Crippen molar-refractivity contribution in [2.45, 2.75) is 23.8 Å². The van der Waals surface area contributed by atoms with Crippen molar-refractivity contribution in [3.8, 4) is 5.69 Å². The van der Waals surface area contributed by atoms with Gasteiger partial charge in [0.1, 0.15) is 12.1 Å². The highest BCUT2D eigenvalue weighted by Gasteiger charge is 2.23. The zero-order valence-corrected chi connectivity index (χ0v) is 16.5. The van der Waals surface area contributed by atoms with E-state index in [1.165, 1.54) is 23.4 Å². The number of rotatable bonds is 4. The van der Waals surface area contributed by atoms with Crippen molar-refractivity contribution >= 4 is 32.8 Å². The summed E-state index contributed by atoms with van der Waals surface area (Å²) < 4.78 is 24.9. The average molecular weight is 416 g/mol. The number of benzene rings is 1. The first-order chi connectivity index (χ1) is 13.8. The largest absolute Gasteiger partial charge is 0.465 e. The summed E-state index contributed by atoms with van der Waals surface area (Å²) in [5.74, 6) is 0.641. The van der Waals surface area contributed by atoms with Crippen LogP contribution in [0.2, 0.25) is 0 Å². The van der Waals surface area contributed by atoms with Crippen LogP contribution < -0.4 is 5.32 Å². The predicted octanol–water partition coefficient (Wildman–Crippen LogP) is 1.77. The molecular weight excluding hydrogens is 396 g/mol. The number of amides is 1. The third-order valence-corrected chi connectivity index (χ3v) is 6.11. The summed E-state index contributed by atoms with van der Waals surface area (Å²) in [6.07, 6.45) is 4.76. The Balaban J connectivity index is 1.58. The van der Waals surface area contributed by atoms with Crippen LogP contribution in [0.25, 0.3) is 16.7 Å². The van der Waals surface area contributed by atoms with Gasteiger partial charge in [-0.25, -0.2) is 27.9 Å². The Bertz CT molecular complexity index is 1150. The highest BCUT2D eigenvalue weighted by Crippen LogP contribution is 2.24. The molecule has 3 heterocycles. The maximum absolute atomic E-state index is 11.6. The standard InChI is InChI=1S/C18H20N6O4S/c1-29(27,28)14-4-2-13(3-5-14)24-17-15(10-21-24)16(19-11-20-17)22-12-6-8-23(9-7-12)18(25)26/h2-5,10-12H,6-9H2,1H3,(H,25,26)(H,19,20,22). The number of likely N-dealkylation sites (tertiary alicyclic amines) is 1. The molecule has 3 aromatic rings. The van der Waals surface area contributed by atoms with Crippen LogP contribution in [0.3, 0.4) is 0 Å². The van der Waals surface area contributed by atoms with Gasteiger partial charge in [-0.15, -0.1) is 0 Å². The van der Waals surface area contributed by atoms with Crippen LogP contribution in [0.4, 0.5) is 10.6 Å². The van der Waals surface area contributed by atoms with Crippen LogP contribution in [0.5, 0.6) is 0 Å². The second-order valence-corrected chi connectivity index (χ2v) is 8.99. The molecule has 0 atom stereocenters. The summed E-state index contributed by atoms with van der Waals surface area (Å²) >= 11 is 0. The molecule has 29 heavy (non-hydrogen) atoms. The molecule has 1 aromatic carbocycles. The number of carboxylic acid groups (broad SMARTS) is 1. The van der Waals surface area contributed by atoms with Gasteiger partial charge in [0.15, 0.2) is 15.5 Å². The number of sulfone groups is 1. The molecule has 1 amide bonds. The van der Waals surface area contributed by atoms with Crippen LogP contribution in [-0.2, 0) is 9.84 Å². The molecule has 152 valence electrons. The van der Waals surface area contributed by atoms with Crippen molar-refractivity contribution in [2.24, 2.45) is 0 Å². The van der Waals surface area contributed by atoms with Crippen molar-refractivity contribution in [3.05, 3.63) is 36.8 Å². The molecule has 0 saturated carbocycles. The summed E-state index contributed by atoms with van der Waals surface area (Å²) in [6, 6.07) is 6.55. The molecule has 11 heteroatoms. The normalized spacial score (nSPS) is 15.6. The van der Waals surface area contributed by atoms with Gasteiger partial charge in [0.25, 0.3) is 0 Å². The fourth-order valence-corrected chi connectivity index (χ4v) is 4.02. The van der Waals surface area contributed by atoms with Gasteiger partial charge in [-0.2, -0.15) is 5.10 Å². The predicted molar refractivity (Wildman–Crippen MR) is 106 cm³/mol. The van der Waals surface area contributed by atoms with Crippen molar-refractivity contribution < 1.29 is 18.3 Å². The van der Waals surface area contributed by atoms with E-state index < -0.39 is 15.9 Å². The minimum absolute atomic E-state index is 0.112. The zero-order chi connectivity index (χ0) is 20.6. The lowest BCUT2D eigenvalue weighted by molar-refractivity contribution is 0.134. The lowest BCUT2D eigenvalue weighted by Gasteiger charge is -2.30. The maximum Gasteiger partial charge on any atom is 0.407 e. The average Bonchev–Trinajstić information content (AvgIpc) is 3.13. The van der Waals surface area contributed by atoms with Crippen LogP contribution in [-0.4, -0.2) is 69.7 Å². The van der Waals surface area contributed by atoms with E-state index in [2.05, 4.69) is 20.4 Å². The highest BCUT2D eigenvalue weighted by atomic mass is 32.2. The Morgan fingerprint density at radius 2 is 1.86 bits per heavy atom. The van der Waals surface area contributed by atoms with Gasteiger partial charge in [0.2, 0.25) is 0 Å². The Labute approximate surface area is 167 Å². The fraction of sp³-hybridized carbons (Fsp3) is 0.333. The zero-order valence-electron chi connectivity index (χ0n) is 15.7. The number of piperidine rings is 1. The molecule has 1 aliphatic rings. The van der Waals surface area contributed by atoms with Crippen molar-refractivity contribution in [2.75, 3.05) is 24.7 Å². The van der Waals surface area contributed by atoms with Crippen LogP contribution >= 0.6 is 0 Å². The van der Waals surface area contributed by atoms with Gasteiger partial charge < -0.3 is 15.3 Å². The topological polar surface area (TPSA) is 130 Å². The number of anilines is 1. The van der Waals surface area contributed by atoms with E-state index in [4.69, 9.17) is 5.11 Å².